The standard InChI is InChI=1S/C18H16FN3.C18H22N2O2.C13H14N2.C12H17NO2.C6H6BrN.C5H3BrFN/c1-13-3-2-4-16(21-13)5-6-18-8-14(18)11-22(12-18)17-7-15(19)9-20-10-17;1-13-6-5-7-15(19-13)8-9-18-10-14(18)11-20(12-18)16(21)22-17(2,3)4;1-10-3-2-4-12(15-10)5-6-13-7-11(13)8-14-9-13;1-5-12-6-9(12)7-13(8-12)10(14)15-11(2,3)4;1-5-3-2-4-6(7)8-5;6-4-1-5(7)3-8-2-4/h2-4,7,9-10,14H,8,11-12H2,1H3;5-7,14H,10-12H2,1-4H3;2-4,11,14H,7-9H2,1H3;1,9H,6-8H2,2-4H3;2-4H,1H3;1-3H. The highest BCUT2D eigenvalue weighted by atomic mass is 79.9. The Morgan fingerprint density at radius 3 is 1.40 bits per heavy atom. The maximum Gasteiger partial charge on any atom is 0.410 e. The number of anilines is 1. The van der Waals surface area contributed by atoms with Crippen LogP contribution in [0.5, 0.6) is 0 Å². The monoisotopic (exact) mass is 1340 g/mol. The van der Waals surface area contributed by atoms with E-state index in [1.165, 1.54) is 24.9 Å². The Labute approximate surface area is 546 Å². The lowest BCUT2D eigenvalue weighted by atomic mass is 10.1. The molecule has 14 rings (SSSR count). The first-order valence-electron chi connectivity index (χ1n) is 30.4. The number of fused-ring (bicyclic) bond motifs is 4. The van der Waals surface area contributed by atoms with Gasteiger partial charge < -0.3 is 29.5 Å². The molecule has 14 nitrogen and oxygen atoms in total. The fourth-order valence-corrected chi connectivity index (χ4v) is 12.4. The lowest BCUT2D eigenvalue weighted by Gasteiger charge is -2.25. The molecule has 0 aromatic carbocycles. The normalized spacial score (nSPS) is 25.0. The molecular formula is C72H78Br2F2N10O4. The minimum Gasteiger partial charge on any atom is -0.444 e. The van der Waals surface area contributed by atoms with Gasteiger partial charge >= 0.3 is 12.2 Å². The molecule has 10 heterocycles. The average Bonchev–Trinajstić information content (AvgIpc) is 1.61. The van der Waals surface area contributed by atoms with Crippen LogP contribution >= 0.6 is 31.9 Å². The Bertz CT molecular complexity index is 3780. The summed E-state index contributed by atoms with van der Waals surface area (Å²) in [7, 11) is 0. The number of rotatable bonds is 1. The number of halogens is 4. The molecule has 4 saturated heterocycles. The summed E-state index contributed by atoms with van der Waals surface area (Å²) in [6, 6.07) is 26.5. The number of piperidine rings is 4. The lowest BCUT2D eigenvalue weighted by molar-refractivity contribution is 0.0258. The number of hydrogen-bond donors (Lipinski definition) is 1. The number of carbonyl (C=O) groups excluding carboxylic acids is 2. The van der Waals surface area contributed by atoms with Gasteiger partial charge in [-0.2, -0.15) is 0 Å². The number of aryl methyl sites for hydroxylation is 4. The number of terminal acetylenes is 1. The van der Waals surface area contributed by atoms with E-state index in [4.69, 9.17) is 15.9 Å². The molecule has 6 aromatic rings. The summed E-state index contributed by atoms with van der Waals surface area (Å²) in [4.78, 5) is 54.4. The number of aromatic nitrogens is 6. The first kappa shape index (κ1) is 66.7. The highest BCUT2D eigenvalue weighted by molar-refractivity contribution is 9.10. The first-order valence-corrected chi connectivity index (χ1v) is 32.0. The van der Waals surface area contributed by atoms with Crippen LogP contribution in [0.2, 0.25) is 0 Å². The van der Waals surface area contributed by atoms with E-state index in [1.54, 1.807) is 22.1 Å². The van der Waals surface area contributed by atoms with Crippen molar-refractivity contribution < 1.29 is 27.8 Å². The van der Waals surface area contributed by atoms with Crippen LogP contribution in [0, 0.1) is 133 Å². The average molecular weight is 1350 g/mol. The van der Waals surface area contributed by atoms with Crippen molar-refractivity contribution >= 4 is 49.7 Å². The van der Waals surface area contributed by atoms with E-state index in [0.717, 1.165) is 121 Å². The number of hydrogen-bond acceptors (Lipinski definition) is 12. The van der Waals surface area contributed by atoms with Crippen LogP contribution in [-0.4, -0.2) is 115 Å². The first-order chi connectivity index (χ1) is 42.6. The molecule has 90 heavy (non-hydrogen) atoms. The van der Waals surface area contributed by atoms with Crippen LogP contribution in [0.4, 0.5) is 24.1 Å². The van der Waals surface area contributed by atoms with E-state index in [0.29, 0.717) is 40.7 Å². The largest absolute Gasteiger partial charge is 0.444 e. The van der Waals surface area contributed by atoms with Gasteiger partial charge in [0.1, 0.15) is 44.5 Å². The second-order valence-corrected chi connectivity index (χ2v) is 28.4. The quantitative estimate of drug-likeness (QED) is 0.123. The summed E-state index contributed by atoms with van der Waals surface area (Å²) in [5.41, 5.74) is 6.83. The summed E-state index contributed by atoms with van der Waals surface area (Å²) < 4.78 is 37.7. The van der Waals surface area contributed by atoms with Gasteiger partial charge in [-0.3, -0.25) is 9.97 Å². The number of carbonyl (C=O) groups is 2. The third-order valence-electron chi connectivity index (χ3n) is 16.7. The number of amides is 2. The molecule has 2 amide bonds. The van der Waals surface area contributed by atoms with Crippen molar-refractivity contribution in [2.24, 2.45) is 45.3 Å². The van der Waals surface area contributed by atoms with Gasteiger partial charge in [-0.15, -0.1) is 6.42 Å². The van der Waals surface area contributed by atoms with Crippen LogP contribution in [0.15, 0.2) is 119 Å². The Morgan fingerprint density at radius 1 is 0.567 bits per heavy atom. The van der Waals surface area contributed by atoms with Gasteiger partial charge in [0.05, 0.1) is 40.5 Å². The van der Waals surface area contributed by atoms with E-state index in [-0.39, 0.29) is 40.1 Å². The molecule has 0 bridgehead atoms. The second kappa shape index (κ2) is 27.8. The minimum absolute atomic E-state index is 0.0170. The SMILES string of the molecule is C#CC12CC1CN(C(=O)OC(C)(C)C)C2.Cc1cccc(Br)n1.Cc1cccc(C#CC23CC2CN(C(=O)OC(C)(C)C)C3)n1.Cc1cccc(C#CC23CC2CN(c2cncc(F)c2)C3)n1.Cc1cccc(C#CC23CNCC2C3)n1.Fc1cncc(Br)c1. The Hall–Kier alpha value is -7.74. The molecule has 8 fully saturated rings. The van der Waals surface area contributed by atoms with Crippen molar-refractivity contribution in [1.29, 1.82) is 0 Å². The van der Waals surface area contributed by atoms with E-state index in [2.05, 4.69) is 113 Å². The zero-order chi connectivity index (χ0) is 64.7. The zero-order valence-electron chi connectivity index (χ0n) is 52.9. The molecule has 4 aliphatic carbocycles. The maximum absolute atomic E-state index is 13.3. The molecule has 8 unspecified atom stereocenters. The third-order valence-corrected chi connectivity index (χ3v) is 17.5. The van der Waals surface area contributed by atoms with E-state index >= 15 is 0 Å². The van der Waals surface area contributed by atoms with Crippen molar-refractivity contribution in [2.45, 2.75) is 106 Å². The van der Waals surface area contributed by atoms with Crippen molar-refractivity contribution in [1.82, 2.24) is 45.0 Å². The van der Waals surface area contributed by atoms with Crippen LogP contribution in [0.3, 0.4) is 0 Å². The van der Waals surface area contributed by atoms with Gasteiger partial charge in [0.25, 0.3) is 0 Å². The molecule has 0 radical (unpaired) electrons. The maximum atomic E-state index is 13.3. The van der Waals surface area contributed by atoms with Gasteiger partial charge in [-0.25, -0.2) is 38.3 Å². The molecule has 1 N–H and O–H groups in total. The van der Waals surface area contributed by atoms with E-state index < -0.39 is 11.2 Å². The highest BCUT2D eigenvalue weighted by Gasteiger charge is 2.62. The molecule has 8 atom stereocenters. The predicted octanol–water partition coefficient (Wildman–Crippen LogP) is 13.2. The van der Waals surface area contributed by atoms with Gasteiger partial charge in [0.15, 0.2) is 0 Å². The van der Waals surface area contributed by atoms with Crippen molar-refractivity contribution in [3.8, 4) is 47.9 Å². The van der Waals surface area contributed by atoms with Gasteiger partial charge in [0.2, 0.25) is 0 Å². The molecule has 4 aliphatic heterocycles. The smallest absolute Gasteiger partial charge is 0.410 e. The Morgan fingerprint density at radius 2 is 1.00 bits per heavy atom. The molecule has 6 aromatic heterocycles. The van der Waals surface area contributed by atoms with Crippen LogP contribution < -0.4 is 10.2 Å². The zero-order valence-corrected chi connectivity index (χ0v) is 56.1. The van der Waals surface area contributed by atoms with Crippen LogP contribution in [0.1, 0.15) is 107 Å². The van der Waals surface area contributed by atoms with Crippen molar-refractivity contribution in [2.75, 3.05) is 57.3 Å². The van der Waals surface area contributed by atoms with E-state index in [1.807, 2.05) is 142 Å². The summed E-state index contributed by atoms with van der Waals surface area (Å²) in [6.07, 6.45) is 15.2. The molecule has 0 spiro atoms. The van der Waals surface area contributed by atoms with Crippen molar-refractivity contribution in [3.63, 3.8) is 0 Å². The second-order valence-electron chi connectivity index (χ2n) is 26.6. The summed E-state index contributed by atoms with van der Waals surface area (Å²) in [6.45, 7) is 26.0. The van der Waals surface area contributed by atoms with Crippen LogP contribution in [0.25, 0.3) is 0 Å². The Kier molecular flexibility index (Phi) is 20.6. The summed E-state index contributed by atoms with van der Waals surface area (Å²) in [5, 5.41) is 3.39. The number of nitrogens with one attached hydrogen (secondary N) is 1. The molecule has 8 aliphatic rings. The number of likely N-dealkylation sites (tertiary alicyclic amines) is 2. The molecular weight excluding hydrogens is 1270 g/mol. The molecule has 4 saturated carbocycles. The number of ether oxygens (including phenoxy) is 2. The summed E-state index contributed by atoms with van der Waals surface area (Å²) >= 11 is 6.31. The number of nitrogens with zero attached hydrogens (tertiary/aromatic N) is 9. The molecule has 468 valence electrons. The summed E-state index contributed by atoms with van der Waals surface area (Å²) in [5.74, 6) is 24.4. The lowest BCUT2D eigenvalue weighted by Crippen LogP contribution is -2.37. The Balaban J connectivity index is 0.000000133. The molecule has 18 heteroatoms. The van der Waals surface area contributed by atoms with E-state index in [9.17, 15) is 18.4 Å². The van der Waals surface area contributed by atoms with Gasteiger partial charge in [0, 0.05) is 90.7 Å². The number of pyridine rings is 6. The fraction of sp³-hybridized carbons (Fsp3) is 0.444. The predicted molar refractivity (Wildman–Crippen MR) is 352 cm³/mol. The third kappa shape index (κ3) is 18.5. The van der Waals surface area contributed by atoms with Gasteiger partial charge in [-0.05, 0) is 229 Å². The minimum atomic E-state index is -0.450. The van der Waals surface area contributed by atoms with Crippen LogP contribution in [-0.2, 0) is 9.47 Å². The topological polar surface area (TPSA) is 152 Å². The highest BCUT2D eigenvalue weighted by Crippen LogP contribution is 2.59. The van der Waals surface area contributed by atoms with Gasteiger partial charge in [-0.1, -0.05) is 47.9 Å². The fourth-order valence-electron chi connectivity index (χ4n) is 11.6. The van der Waals surface area contributed by atoms with Crippen molar-refractivity contribution in [3.05, 3.63) is 170 Å².